The van der Waals surface area contributed by atoms with Crippen molar-refractivity contribution in [3.63, 3.8) is 0 Å². The third-order valence-electron chi connectivity index (χ3n) is 2.56. The number of aryl methyl sites for hydroxylation is 1. The maximum Gasteiger partial charge on any atom is 0.217 e. The Bertz CT molecular complexity index is 536. The number of nitrogens with two attached hydrogens (primary N) is 1. The lowest BCUT2D eigenvalue weighted by atomic mass is 10.3. The Kier molecular flexibility index (Phi) is 4.62. The van der Waals surface area contributed by atoms with Crippen LogP contribution in [0.4, 0.5) is 0 Å². The van der Waals surface area contributed by atoms with Crippen LogP contribution in [0.5, 0.6) is 0 Å². The summed E-state index contributed by atoms with van der Waals surface area (Å²) in [5.41, 5.74) is 5.17. The highest BCUT2D eigenvalue weighted by Crippen LogP contribution is 2.19. The largest absolute Gasteiger partial charge is 0.467 e. The molecule has 0 saturated heterocycles. The molecule has 0 unspecified atom stereocenters. The lowest BCUT2D eigenvalue weighted by Gasteiger charge is -2.07. The third-order valence-corrected chi connectivity index (χ3v) is 3.40. The second kappa shape index (κ2) is 6.42. The molecule has 0 aliphatic heterocycles. The zero-order valence-corrected chi connectivity index (χ0v) is 11.5. The predicted octanol–water partition coefficient (Wildman–Crippen LogP) is 1.45. The van der Waals surface area contributed by atoms with Gasteiger partial charge in [-0.2, -0.15) is 0 Å². The van der Waals surface area contributed by atoms with Crippen LogP contribution in [0.3, 0.4) is 0 Å². The summed E-state index contributed by atoms with van der Waals surface area (Å²) in [6, 6.07) is 3.74. The van der Waals surface area contributed by atoms with Crippen LogP contribution in [-0.4, -0.2) is 26.4 Å². The highest BCUT2D eigenvalue weighted by atomic mass is 32.2. The Labute approximate surface area is 115 Å². The van der Waals surface area contributed by atoms with Crippen molar-refractivity contribution in [2.75, 3.05) is 5.75 Å². The molecule has 0 saturated carbocycles. The summed E-state index contributed by atoms with van der Waals surface area (Å²) in [6.45, 7) is 2.62. The molecule has 19 heavy (non-hydrogen) atoms. The molecular weight excluding hydrogens is 264 g/mol. The average molecular weight is 280 g/mol. The van der Waals surface area contributed by atoms with Gasteiger partial charge in [0.15, 0.2) is 5.16 Å². The number of hydrogen-bond donors (Lipinski definition) is 1. The number of nitrogens with zero attached hydrogens (tertiary/aromatic N) is 3. The summed E-state index contributed by atoms with van der Waals surface area (Å²) in [7, 11) is 0. The van der Waals surface area contributed by atoms with Crippen LogP contribution in [-0.2, 0) is 17.8 Å². The lowest BCUT2D eigenvalue weighted by molar-refractivity contribution is -0.118. The van der Waals surface area contributed by atoms with E-state index in [2.05, 4.69) is 17.1 Å². The normalized spacial score (nSPS) is 10.8. The van der Waals surface area contributed by atoms with Crippen molar-refractivity contribution in [3.8, 4) is 0 Å². The zero-order valence-electron chi connectivity index (χ0n) is 10.7. The molecule has 2 aromatic rings. The molecule has 0 atom stereocenters. The standard InChI is InChI=1S/C12H16N4O2S/c1-2-19-12-15-14-11(6-5-10(13)17)16(12)8-9-4-3-7-18-9/h3-4,7H,2,5-6,8H2,1H3,(H2,13,17). The molecule has 1 amide bonds. The Morgan fingerprint density at radius 2 is 2.37 bits per heavy atom. The van der Waals surface area contributed by atoms with E-state index >= 15 is 0 Å². The van der Waals surface area contributed by atoms with E-state index in [4.69, 9.17) is 10.2 Å². The number of thioether (sulfide) groups is 1. The van der Waals surface area contributed by atoms with Gasteiger partial charge in [-0.3, -0.25) is 9.36 Å². The first kappa shape index (κ1) is 13.7. The first-order valence-corrected chi connectivity index (χ1v) is 7.04. The number of primary amides is 1. The van der Waals surface area contributed by atoms with Gasteiger partial charge in [-0.1, -0.05) is 18.7 Å². The van der Waals surface area contributed by atoms with Crippen molar-refractivity contribution in [3.05, 3.63) is 30.0 Å². The van der Waals surface area contributed by atoms with Gasteiger partial charge in [0.1, 0.15) is 11.6 Å². The second-order valence-corrected chi connectivity index (χ2v) is 5.19. The minimum Gasteiger partial charge on any atom is -0.467 e. The van der Waals surface area contributed by atoms with E-state index in [0.29, 0.717) is 13.0 Å². The number of aromatic nitrogens is 3. The molecule has 102 valence electrons. The van der Waals surface area contributed by atoms with E-state index in [-0.39, 0.29) is 12.3 Å². The monoisotopic (exact) mass is 280 g/mol. The summed E-state index contributed by atoms with van der Waals surface area (Å²) in [5, 5.41) is 9.11. The minimum absolute atomic E-state index is 0.271. The van der Waals surface area contributed by atoms with Crippen LogP contribution in [0.2, 0.25) is 0 Å². The molecule has 0 radical (unpaired) electrons. The van der Waals surface area contributed by atoms with Crippen molar-refractivity contribution in [1.82, 2.24) is 14.8 Å². The number of rotatable bonds is 7. The maximum atomic E-state index is 10.9. The van der Waals surface area contributed by atoms with Gasteiger partial charge in [0.2, 0.25) is 5.91 Å². The van der Waals surface area contributed by atoms with Gasteiger partial charge in [-0.05, 0) is 17.9 Å². The van der Waals surface area contributed by atoms with Gasteiger partial charge in [-0.15, -0.1) is 10.2 Å². The van der Waals surface area contributed by atoms with E-state index in [9.17, 15) is 4.79 Å². The van der Waals surface area contributed by atoms with Crippen molar-refractivity contribution < 1.29 is 9.21 Å². The summed E-state index contributed by atoms with van der Waals surface area (Å²) in [6.07, 6.45) is 2.40. The summed E-state index contributed by atoms with van der Waals surface area (Å²) in [5.74, 6) is 2.16. The molecule has 0 spiro atoms. The van der Waals surface area contributed by atoms with Gasteiger partial charge in [0.05, 0.1) is 12.8 Å². The molecule has 0 aromatic carbocycles. The average Bonchev–Trinajstić information content (AvgIpc) is 2.99. The highest BCUT2D eigenvalue weighted by Gasteiger charge is 2.14. The van der Waals surface area contributed by atoms with Gasteiger partial charge in [0, 0.05) is 12.8 Å². The Balaban J connectivity index is 2.19. The third kappa shape index (κ3) is 3.60. The van der Waals surface area contributed by atoms with E-state index in [1.807, 2.05) is 16.7 Å². The topological polar surface area (TPSA) is 86.9 Å². The molecule has 7 heteroatoms. The summed E-state index contributed by atoms with van der Waals surface area (Å²) < 4.78 is 7.31. The fraction of sp³-hybridized carbons (Fsp3) is 0.417. The van der Waals surface area contributed by atoms with Crippen molar-refractivity contribution in [2.45, 2.75) is 31.5 Å². The van der Waals surface area contributed by atoms with E-state index in [0.717, 1.165) is 22.5 Å². The molecule has 0 bridgehead atoms. The molecule has 2 aromatic heterocycles. The van der Waals surface area contributed by atoms with Crippen LogP contribution < -0.4 is 5.73 Å². The Hall–Kier alpha value is -1.76. The fourth-order valence-electron chi connectivity index (χ4n) is 1.69. The van der Waals surface area contributed by atoms with Crippen LogP contribution in [0.25, 0.3) is 0 Å². The molecule has 2 rings (SSSR count). The zero-order chi connectivity index (χ0) is 13.7. The van der Waals surface area contributed by atoms with Crippen molar-refractivity contribution >= 4 is 17.7 Å². The van der Waals surface area contributed by atoms with Crippen LogP contribution in [0, 0.1) is 0 Å². The molecule has 0 aliphatic rings. The smallest absolute Gasteiger partial charge is 0.217 e. The van der Waals surface area contributed by atoms with Gasteiger partial charge >= 0.3 is 0 Å². The van der Waals surface area contributed by atoms with Crippen LogP contribution in [0.15, 0.2) is 28.0 Å². The second-order valence-electron chi connectivity index (χ2n) is 3.96. The molecular formula is C12H16N4O2S. The minimum atomic E-state index is -0.336. The first-order chi connectivity index (χ1) is 9.20. The van der Waals surface area contributed by atoms with E-state index in [1.54, 1.807) is 18.0 Å². The summed E-state index contributed by atoms with van der Waals surface area (Å²) in [4.78, 5) is 10.9. The Morgan fingerprint density at radius 1 is 1.53 bits per heavy atom. The number of furan rings is 1. The SMILES string of the molecule is CCSc1nnc(CCC(N)=O)n1Cc1ccco1. The highest BCUT2D eigenvalue weighted by molar-refractivity contribution is 7.99. The molecule has 0 aliphatic carbocycles. The van der Waals surface area contributed by atoms with Crippen molar-refractivity contribution in [2.24, 2.45) is 5.73 Å². The van der Waals surface area contributed by atoms with E-state index < -0.39 is 0 Å². The van der Waals surface area contributed by atoms with Crippen molar-refractivity contribution in [1.29, 1.82) is 0 Å². The first-order valence-electron chi connectivity index (χ1n) is 6.06. The molecule has 2 heterocycles. The van der Waals surface area contributed by atoms with E-state index in [1.165, 1.54) is 0 Å². The molecule has 2 N–H and O–H groups in total. The van der Waals surface area contributed by atoms with Gasteiger partial charge in [0.25, 0.3) is 0 Å². The number of amides is 1. The lowest BCUT2D eigenvalue weighted by Crippen LogP contribution is -2.14. The maximum absolute atomic E-state index is 10.9. The predicted molar refractivity (Wildman–Crippen MR) is 71.7 cm³/mol. The molecule has 6 nitrogen and oxygen atoms in total. The van der Waals surface area contributed by atoms with Gasteiger partial charge < -0.3 is 10.2 Å². The van der Waals surface area contributed by atoms with Crippen LogP contribution >= 0.6 is 11.8 Å². The number of carbonyl (C=O) groups is 1. The fourth-order valence-corrected chi connectivity index (χ4v) is 2.37. The Morgan fingerprint density at radius 3 is 3.00 bits per heavy atom. The van der Waals surface area contributed by atoms with Gasteiger partial charge in [-0.25, -0.2) is 0 Å². The quantitative estimate of drug-likeness (QED) is 0.776. The molecule has 0 fully saturated rings. The number of hydrogen-bond acceptors (Lipinski definition) is 5. The van der Waals surface area contributed by atoms with Crippen LogP contribution in [0.1, 0.15) is 24.9 Å². The number of carbonyl (C=O) groups excluding carboxylic acids is 1. The summed E-state index contributed by atoms with van der Waals surface area (Å²) >= 11 is 1.61.